The first kappa shape index (κ1) is 10.1. The normalized spacial score (nSPS) is 9.36. The molecule has 74 valence electrons. The number of nitrogens with one attached hydrogen (secondary N) is 2. The van der Waals surface area contributed by atoms with Crippen LogP contribution >= 0.6 is 0 Å². The molecular weight excluding hydrogens is 180 g/mol. The van der Waals surface area contributed by atoms with Crippen molar-refractivity contribution in [2.45, 2.75) is 12.8 Å². The van der Waals surface area contributed by atoms with E-state index in [1.165, 1.54) is 6.07 Å². The Morgan fingerprint density at radius 1 is 1.79 bits per heavy atom. The molecule has 0 aliphatic rings. The van der Waals surface area contributed by atoms with Gasteiger partial charge in [0.05, 0.1) is 0 Å². The summed E-state index contributed by atoms with van der Waals surface area (Å²) >= 11 is 0. The van der Waals surface area contributed by atoms with Gasteiger partial charge in [0.25, 0.3) is 5.91 Å². The van der Waals surface area contributed by atoms with Gasteiger partial charge in [-0.2, -0.15) is 5.10 Å². The molecule has 0 unspecified atom stereocenters. The molecule has 1 amide bonds. The zero-order valence-corrected chi connectivity index (χ0v) is 7.71. The molecule has 0 aliphatic carbocycles. The lowest BCUT2D eigenvalue weighted by Crippen LogP contribution is -2.24. The number of hydrogen-bond acceptors (Lipinski definition) is 3. The van der Waals surface area contributed by atoms with Crippen molar-refractivity contribution in [3.05, 3.63) is 11.8 Å². The molecule has 1 heterocycles. The van der Waals surface area contributed by atoms with Gasteiger partial charge in [0, 0.05) is 19.0 Å². The molecule has 0 atom stereocenters. The second-order valence-corrected chi connectivity index (χ2v) is 2.77. The van der Waals surface area contributed by atoms with Gasteiger partial charge in [0.2, 0.25) is 0 Å². The summed E-state index contributed by atoms with van der Waals surface area (Å²) in [6.07, 6.45) is 6.49. The van der Waals surface area contributed by atoms with Crippen LogP contribution in [0.25, 0.3) is 0 Å². The number of nitrogen functional groups attached to an aromatic ring is 1. The summed E-state index contributed by atoms with van der Waals surface area (Å²) in [7, 11) is 0. The molecule has 1 aromatic rings. The number of terminal acetylenes is 1. The molecule has 14 heavy (non-hydrogen) atoms. The van der Waals surface area contributed by atoms with E-state index in [4.69, 9.17) is 12.2 Å². The lowest BCUT2D eigenvalue weighted by atomic mass is 10.3. The van der Waals surface area contributed by atoms with Crippen molar-refractivity contribution in [3.8, 4) is 12.3 Å². The van der Waals surface area contributed by atoms with E-state index >= 15 is 0 Å². The van der Waals surface area contributed by atoms with Crippen LogP contribution in [0.5, 0.6) is 0 Å². The second kappa shape index (κ2) is 4.92. The van der Waals surface area contributed by atoms with Crippen LogP contribution < -0.4 is 11.1 Å². The molecule has 0 saturated carbocycles. The number of amides is 1. The highest BCUT2D eigenvalue weighted by molar-refractivity contribution is 5.92. The first-order chi connectivity index (χ1) is 6.74. The molecule has 5 nitrogen and oxygen atoms in total. The van der Waals surface area contributed by atoms with Crippen molar-refractivity contribution in [2.75, 3.05) is 12.3 Å². The Morgan fingerprint density at radius 2 is 2.57 bits per heavy atom. The monoisotopic (exact) mass is 192 g/mol. The molecular formula is C9H12N4O. The van der Waals surface area contributed by atoms with E-state index in [2.05, 4.69) is 21.4 Å². The molecule has 4 N–H and O–H groups in total. The molecule has 1 rings (SSSR count). The predicted octanol–water partition coefficient (Wildman–Crippen LogP) is 0.135. The number of carbonyl (C=O) groups is 1. The molecule has 0 aliphatic heterocycles. The van der Waals surface area contributed by atoms with E-state index in [1.807, 2.05) is 0 Å². The maximum Gasteiger partial charge on any atom is 0.269 e. The van der Waals surface area contributed by atoms with Crippen LogP contribution in [0.4, 0.5) is 5.82 Å². The minimum absolute atomic E-state index is 0.216. The highest BCUT2D eigenvalue weighted by Crippen LogP contribution is 1.99. The minimum atomic E-state index is -0.216. The van der Waals surface area contributed by atoms with Crippen LogP contribution in [-0.2, 0) is 0 Å². The van der Waals surface area contributed by atoms with Crippen molar-refractivity contribution in [1.29, 1.82) is 0 Å². The average molecular weight is 192 g/mol. The van der Waals surface area contributed by atoms with Gasteiger partial charge in [-0.25, -0.2) is 0 Å². The van der Waals surface area contributed by atoms with Crippen LogP contribution in [0.2, 0.25) is 0 Å². The van der Waals surface area contributed by atoms with E-state index in [0.29, 0.717) is 24.5 Å². The number of aromatic nitrogens is 2. The number of H-pyrrole nitrogens is 1. The van der Waals surface area contributed by atoms with Gasteiger partial charge in [-0.05, 0) is 6.42 Å². The fourth-order valence-corrected chi connectivity index (χ4v) is 0.941. The van der Waals surface area contributed by atoms with Gasteiger partial charge >= 0.3 is 0 Å². The maximum absolute atomic E-state index is 11.3. The number of anilines is 1. The second-order valence-electron chi connectivity index (χ2n) is 2.77. The van der Waals surface area contributed by atoms with Gasteiger partial charge in [-0.1, -0.05) is 0 Å². The van der Waals surface area contributed by atoms with Crippen molar-refractivity contribution in [3.63, 3.8) is 0 Å². The third kappa shape index (κ3) is 2.83. The van der Waals surface area contributed by atoms with Crippen LogP contribution in [0.3, 0.4) is 0 Å². The van der Waals surface area contributed by atoms with E-state index in [0.717, 1.165) is 6.42 Å². The van der Waals surface area contributed by atoms with Gasteiger partial charge in [-0.3, -0.25) is 9.89 Å². The molecule has 0 bridgehead atoms. The number of unbranched alkanes of at least 4 members (excludes halogenated alkanes) is 1. The van der Waals surface area contributed by atoms with Crippen molar-refractivity contribution in [2.24, 2.45) is 0 Å². The lowest BCUT2D eigenvalue weighted by Gasteiger charge is -2.00. The van der Waals surface area contributed by atoms with Crippen LogP contribution in [-0.4, -0.2) is 22.6 Å². The Kier molecular flexibility index (Phi) is 3.56. The van der Waals surface area contributed by atoms with Gasteiger partial charge in [-0.15, -0.1) is 12.3 Å². The highest BCUT2D eigenvalue weighted by atomic mass is 16.1. The Balaban J connectivity index is 2.33. The van der Waals surface area contributed by atoms with Crippen LogP contribution in [0.1, 0.15) is 23.3 Å². The minimum Gasteiger partial charge on any atom is -0.382 e. The smallest absolute Gasteiger partial charge is 0.269 e. The summed E-state index contributed by atoms with van der Waals surface area (Å²) in [5.41, 5.74) is 5.71. The molecule has 1 aromatic heterocycles. The van der Waals surface area contributed by atoms with E-state index < -0.39 is 0 Å². The van der Waals surface area contributed by atoms with Crippen molar-refractivity contribution < 1.29 is 4.79 Å². The quantitative estimate of drug-likeness (QED) is 0.468. The predicted molar refractivity (Wildman–Crippen MR) is 53.4 cm³/mol. The van der Waals surface area contributed by atoms with Crippen LogP contribution in [0.15, 0.2) is 6.07 Å². The zero-order valence-electron chi connectivity index (χ0n) is 7.71. The van der Waals surface area contributed by atoms with E-state index in [-0.39, 0.29) is 5.91 Å². The molecule has 0 spiro atoms. The molecule has 5 heteroatoms. The van der Waals surface area contributed by atoms with Crippen molar-refractivity contribution in [1.82, 2.24) is 15.5 Å². The van der Waals surface area contributed by atoms with E-state index in [9.17, 15) is 4.79 Å². The highest BCUT2D eigenvalue weighted by Gasteiger charge is 2.06. The fraction of sp³-hybridized carbons (Fsp3) is 0.333. The summed E-state index contributed by atoms with van der Waals surface area (Å²) in [6, 6.07) is 1.48. The largest absolute Gasteiger partial charge is 0.382 e. The van der Waals surface area contributed by atoms with E-state index in [1.54, 1.807) is 0 Å². The summed E-state index contributed by atoms with van der Waals surface area (Å²) in [6.45, 7) is 0.557. The standard InChI is InChI=1S/C9H12N4O/c1-2-3-4-5-11-9(14)7-6-8(10)13-12-7/h1,6H,3-5H2,(H,11,14)(H3,10,12,13). The number of rotatable bonds is 4. The van der Waals surface area contributed by atoms with Crippen LogP contribution in [0, 0.1) is 12.3 Å². The van der Waals surface area contributed by atoms with Crippen molar-refractivity contribution >= 4 is 11.7 Å². The number of nitrogens with two attached hydrogens (primary N) is 1. The van der Waals surface area contributed by atoms with Gasteiger partial charge in [0.15, 0.2) is 0 Å². The summed E-state index contributed by atoms with van der Waals surface area (Å²) < 4.78 is 0. The third-order valence-corrected chi connectivity index (χ3v) is 1.63. The summed E-state index contributed by atoms with van der Waals surface area (Å²) in [5.74, 6) is 2.58. The number of nitrogens with zero attached hydrogens (tertiary/aromatic N) is 1. The zero-order chi connectivity index (χ0) is 10.4. The average Bonchev–Trinajstić information content (AvgIpc) is 2.59. The summed E-state index contributed by atoms with van der Waals surface area (Å²) in [4.78, 5) is 11.3. The SMILES string of the molecule is C#CCCCNC(=O)c1cc(N)n[nH]1. The Morgan fingerprint density at radius 3 is 3.14 bits per heavy atom. The molecule has 0 aromatic carbocycles. The Hall–Kier alpha value is -1.96. The third-order valence-electron chi connectivity index (χ3n) is 1.63. The Bertz CT molecular complexity index is 350. The Labute approximate surface area is 82.1 Å². The first-order valence-electron chi connectivity index (χ1n) is 4.26. The molecule has 0 saturated heterocycles. The number of hydrogen-bond donors (Lipinski definition) is 3. The topological polar surface area (TPSA) is 83.8 Å². The van der Waals surface area contributed by atoms with Gasteiger partial charge < -0.3 is 11.1 Å². The molecule has 0 fully saturated rings. The number of carbonyl (C=O) groups excluding carboxylic acids is 1. The lowest BCUT2D eigenvalue weighted by molar-refractivity contribution is 0.0948. The molecule has 0 radical (unpaired) electrons. The number of aromatic amines is 1. The summed E-state index contributed by atoms with van der Waals surface area (Å²) in [5, 5.41) is 8.85. The first-order valence-corrected chi connectivity index (χ1v) is 4.26. The van der Waals surface area contributed by atoms with Gasteiger partial charge in [0.1, 0.15) is 11.5 Å². The maximum atomic E-state index is 11.3. The fourth-order valence-electron chi connectivity index (χ4n) is 0.941.